The summed E-state index contributed by atoms with van der Waals surface area (Å²) in [5.41, 5.74) is -3.33. The third-order valence-corrected chi connectivity index (χ3v) is 10.7. The van der Waals surface area contributed by atoms with Gasteiger partial charge in [0.2, 0.25) is 5.78 Å². The van der Waals surface area contributed by atoms with Gasteiger partial charge in [-0.15, -0.1) is 0 Å². The van der Waals surface area contributed by atoms with E-state index in [4.69, 9.17) is 14.2 Å². The molecule has 5 fully saturated rings. The maximum Gasteiger partial charge on any atom is 0.303 e. The number of carbonyl (C=O) groups is 3. The molecule has 1 saturated heterocycles. The number of fused-ring (bicyclic) bond motifs is 7. The summed E-state index contributed by atoms with van der Waals surface area (Å²) in [6.07, 6.45) is 10.5. The lowest BCUT2D eigenvalue weighted by Gasteiger charge is -2.61. The van der Waals surface area contributed by atoms with Crippen LogP contribution in [0.1, 0.15) is 78.6 Å². The van der Waals surface area contributed by atoms with Gasteiger partial charge in [0.05, 0.1) is 6.10 Å². The molecule has 0 aromatic carbocycles. The van der Waals surface area contributed by atoms with Crippen LogP contribution in [0.2, 0.25) is 0 Å². The molecular weight excluding hydrogens is 451 g/mol. The number of alkyl halides is 1. The van der Waals surface area contributed by atoms with Crippen LogP contribution < -0.4 is 0 Å². The maximum atomic E-state index is 17.3. The molecule has 1 heterocycles. The molecule has 6 nitrogen and oxygen atoms in total. The summed E-state index contributed by atoms with van der Waals surface area (Å²) < 4.78 is 35.9. The zero-order chi connectivity index (χ0) is 24.9. The van der Waals surface area contributed by atoms with Crippen molar-refractivity contribution in [3.8, 4) is 0 Å². The maximum absolute atomic E-state index is 17.3. The third-order valence-electron chi connectivity index (χ3n) is 10.7. The molecule has 0 radical (unpaired) electrons. The topological polar surface area (TPSA) is 78.9 Å². The molecule has 6 aliphatic rings. The minimum atomic E-state index is -1.51. The molecule has 0 unspecified atom stereocenters. The largest absolute Gasteiger partial charge is 0.458 e. The van der Waals surface area contributed by atoms with Gasteiger partial charge >= 0.3 is 5.97 Å². The van der Waals surface area contributed by atoms with Gasteiger partial charge in [0.1, 0.15) is 5.67 Å². The van der Waals surface area contributed by atoms with E-state index in [1.165, 1.54) is 13.0 Å². The Balaban J connectivity index is 1.40. The number of hydrogen-bond acceptors (Lipinski definition) is 6. The number of hydrogen-bond donors (Lipinski definition) is 0. The summed E-state index contributed by atoms with van der Waals surface area (Å²) in [5, 5.41) is 0. The van der Waals surface area contributed by atoms with Crippen LogP contribution >= 0.6 is 0 Å². The van der Waals surface area contributed by atoms with Crippen molar-refractivity contribution in [1.29, 1.82) is 0 Å². The fourth-order valence-corrected chi connectivity index (χ4v) is 8.93. The number of esters is 1. The van der Waals surface area contributed by atoms with Crippen LogP contribution in [0.25, 0.3) is 0 Å². The molecule has 7 heteroatoms. The summed E-state index contributed by atoms with van der Waals surface area (Å²) >= 11 is 0. The van der Waals surface area contributed by atoms with Crippen molar-refractivity contribution < 1.29 is 33.0 Å². The Hall–Kier alpha value is -1.86. The van der Waals surface area contributed by atoms with Crippen LogP contribution in [0.5, 0.6) is 0 Å². The Morgan fingerprint density at radius 1 is 1.14 bits per heavy atom. The van der Waals surface area contributed by atoms with E-state index in [-0.39, 0.29) is 36.4 Å². The average molecular weight is 487 g/mol. The van der Waals surface area contributed by atoms with Gasteiger partial charge in [-0.1, -0.05) is 18.6 Å². The van der Waals surface area contributed by atoms with Crippen LogP contribution in [-0.4, -0.2) is 47.3 Å². The molecule has 1 aliphatic heterocycles. The van der Waals surface area contributed by atoms with E-state index in [9.17, 15) is 14.4 Å². The predicted octanol–water partition coefficient (Wildman–Crippen LogP) is 4.55. The van der Waals surface area contributed by atoms with E-state index in [1.54, 1.807) is 12.2 Å². The smallest absolute Gasteiger partial charge is 0.303 e. The molecule has 0 aromatic rings. The number of carbonyl (C=O) groups excluding carboxylic acids is 3. The zero-order valence-electron chi connectivity index (χ0n) is 20.9. The second kappa shape index (κ2) is 7.34. The Bertz CT molecular complexity index is 1060. The van der Waals surface area contributed by atoms with Gasteiger partial charge in [0, 0.05) is 30.6 Å². The molecule has 0 bridgehead atoms. The van der Waals surface area contributed by atoms with Crippen molar-refractivity contribution in [2.45, 2.75) is 102 Å². The molecule has 0 aromatic heterocycles. The quantitative estimate of drug-likeness (QED) is 0.545. The van der Waals surface area contributed by atoms with E-state index in [1.807, 2.05) is 6.92 Å². The number of allylic oxidation sites excluding steroid dienone is 4. The van der Waals surface area contributed by atoms with E-state index in [2.05, 4.69) is 6.92 Å². The van der Waals surface area contributed by atoms with Crippen molar-refractivity contribution in [3.05, 3.63) is 23.8 Å². The average Bonchev–Trinajstić information content (AvgIpc) is 3.46. The molecule has 0 amide bonds. The van der Waals surface area contributed by atoms with Gasteiger partial charge in [-0.3, -0.25) is 14.4 Å². The Morgan fingerprint density at radius 2 is 1.89 bits per heavy atom. The Morgan fingerprint density at radius 3 is 2.60 bits per heavy atom. The lowest BCUT2D eigenvalue weighted by molar-refractivity contribution is -0.235. The normalized spacial score (nSPS) is 47.0. The summed E-state index contributed by atoms with van der Waals surface area (Å²) in [6.45, 7) is 4.94. The highest BCUT2D eigenvalue weighted by Crippen LogP contribution is 2.73. The molecule has 190 valence electrons. The third kappa shape index (κ3) is 2.85. The van der Waals surface area contributed by atoms with Gasteiger partial charge in [-0.25, -0.2) is 4.39 Å². The summed E-state index contributed by atoms with van der Waals surface area (Å²) in [4.78, 5) is 37.5. The van der Waals surface area contributed by atoms with Crippen LogP contribution in [0.3, 0.4) is 0 Å². The second-order valence-electron chi connectivity index (χ2n) is 12.1. The van der Waals surface area contributed by atoms with E-state index in [0.29, 0.717) is 25.7 Å². The first kappa shape index (κ1) is 23.5. The Kier molecular flexibility index (Phi) is 4.94. The fourth-order valence-electron chi connectivity index (χ4n) is 8.93. The summed E-state index contributed by atoms with van der Waals surface area (Å²) in [6, 6.07) is 0. The summed E-state index contributed by atoms with van der Waals surface area (Å²) in [7, 11) is 0. The minimum absolute atomic E-state index is 0.0748. The molecule has 35 heavy (non-hydrogen) atoms. The second-order valence-corrected chi connectivity index (χ2v) is 12.1. The van der Waals surface area contributed by atoms with Crippen LogP contribution in [-0.2, 0) is 28.6 Å². The molecule has 1 spiro atoms. The predicted molar refractivity (Wildman–Crippen MR) is 124 cm³/mol. The van der Waals surface area contributed by atoms with Crippen LogP contribution in [0.15, 0.2) is 23.8 Å². The zero-order valence-corrected chi connectivity index (χ0v) is 20.9. The number of Topliss-reactive ketones (excluding diaryl/α,β-unsaturated/α-hetero) is 1. The first-order chi connectivity index (χ1) is 16.5. The van der Waals surface area contributed by atoms with Crippen molar-refractivity contribution in [2.75, 3.05) is 6.61 Å². The lowest BCUT2D eigenvalue weighted by Crippen LogP contribution is -2.65. The molecule has 5 aliphatic carbocycles. The number of ketones is 2. The van der Waals surface area contributed by atoms with Gasteiger partial charge in [-0.05, 0) is 75.9 Å². The highest BCUT2D eigenvalue weighted by molar-refractivity contribution is 6.01. The van der Waals surface area contributed by atoms with Crippen LogP contribution in [0.4, 0.5) is 4.39 Å². The number of ether oxygens (including phenoxy) is 3. The molecule has 4 saturated carbocycles. The molecular formula is C28H35FO6. The van der Waals surface area contributed by atoms with Crippen molar-refractivity contribution >= 4 is 17.5 Å². The monoisotopic (exact) mass is 486 g/mol. The van der Waals surface area contributed by atoms with E-state index in [0.717, 1.165) is 31.3 Å². The van der Waals surface area contributed by atoms with Crippen molar-refractivity contribution in [1.82, 2.24) is 0 Å². The van der Waals surface area contributed by atoms with E-state index < -0.39 is 40.0 Å². The summed E-state index contributed by atoms with van der Waals surface area (Å²) in [5.74, 6) is -2.01. The van der Waals surface area contributed by atoms with Crippen molar-refractivity contribution in [3.63, 3.8) is 0 Å². The van der Waals surface area contributed by atoms with Gasteiger partial charge in [0.15, 0.2) is 23.8 Å². The first-order valence-corrected chi connectivity index (χ1v) is 13.2. The van der Waals surface area contributed by atoms with Gasteiger partial charge in [0.25, 0.3) is 0 Å². The molecule has 0 N–H and O–H groups in total. The molecule has 7 atom stereocenters. The number of rotatable bonds is 3. The standard InChI is InChI=1S/C28H35FO6/c1-17(30)33-16-22(32)28-23(34-26(35-28)9-4-5-10-26)15-21-20-7-6-18-14-19(31)8-11-24(18,2)27(20,29)13-12-25(21,28)3/h8,11,14,20-21,23H,4-7,9-10,12-13,15-16H2,1-3H3/t20-,21-,23+,24-,25-,27+,28+/m0/s1. The van der Waals surface area contributed by atoms with Crippen molar-refractivity contribution in [2.24, 2.45) is 22.7 Å². The highest BCUT2D eigenvalue weighted by atomic mass is 19.1. The first-order valence-electron chi connectivity index (χ1n) is 13.2. The number of halogens is 1. The SMILES string of the molecule is CC(=O)OCC(=O)[C@@]12OC3(CCCC3)O[C@@H]1C[C@H]1[C@@H]3CCC4=CC(=O)C=C[C@]4(C)[C@@]3(F)CC[C@@]12C. The minimum Gasteiger partial charge on any atom is -0.458 e. The van der Waals surface area contributed by atoms with Gasteiger partial charge < -0.3 is 14.2 Å². The van der Waals surface area contributed by atoms with Crippen LogP contribution in [0, 0.1) is 22.7 Å². The fraction of sp³-hybridized carbons (Fsp3) is 0.750. The van der Waals surface area contributed by atoms with E-state index >= 15 is 4.39 Å². The van der Waals surface area contributed by atoms with Gasteiger partial charge in [-0.2, -0.15) is 0 Å². The lowest BCUT2D eigenvalue weighted by atomic mass is 9.45. The molecule has 6 rings (SSSR count). The highest BCUT2D eigenvalue weighted by Gasteiger charge is 2.79. The Labute approximate surface area is 205 Å².